The monoisotopic (exact) mass is 479 g/mol. The van der Waals surface area contributed by atoms with E-state index in [4.69, 9.17) is 0 Å². The van der Waals surface area contributed by atoms with Crippen LogP contribution >= 0.6 is 27.3 Å². The molecule has 28 heavy (non-hydrogen) atoms. The number of hydrogen-bond acceptors (Lipinski definition) is 5. The van der Waals surface area contributed by atoms with Crippen LogP contribution < -0.4 is 10.0 Å². The summed E-state index contributed by atoms with van der Waals surface area (Å²) >= 11 is 4.80. The molecule has 2 aromatic carbocycles. The summed E-state index contributed by atoms with van der Waals surface area (Å²) < 4.78 is 28.7. The van der Waals surface area contributed by atoms with Crippen LogP contribution in [-0.2, 0) is 16.6 Å². The van der Waals surface area contributed by atoms with Gasteiger partial charge in [0.25, 0.3) is 15.9 Å². The Morgan fingerprint density at radius 3 is 2.68 bits per heavy atom. The number of anilines is 1. The van der Waals surface area contributed by atoms with Crippen molar-refractivity contribution in [1.29, 1.82) is 0 Å². The summed E-state index contributed by atoms with van der Waals surface area (Å²) in [6.45, 7) is 4.05. The molecule has 0 aliphatic carbocycles. The van der Waals surface area contributed by atoms with Gasteiger partial charge in [0.1, 0.15) is 5.01 Å². The SMILES string of the molecule is Cc1ccc(Br)c(NS(=O)(=O)c2cccc(C(=O)NCc3nc(C)cs3)c2)c1. The van der Waals surface area contributed by atoms with Crippen molar-refractivity contribution in [3.8, 4) is 0 Å². The van der Waals surface area contributed by atoms with Crippen molar-refractivity contribution in [2.45, 2.75) is 25.3 Å². The Labute approximate surface area is 176 Å². The van der Waals surface area contributed by atoms with E-state index in [-0.39, 0.29) is 16.4 Å². The fourth-order valence-corrected chi connectivity index (χ4v) is 4.77. The van der Waals surface area contributed by atoms with Crippen LogP contribution in [0.5, 0.6) is 0 Å². The number of hydrogen-bond donors (Lipinski definition) is 2. The number of rotatable bonds is 6. The summed E-state index contributed by atoms with van der Waals surface area (Å²) in [6, 6.07) is 11.3. The zero-order valence-electron chi connectivity index (χ0n) is 15.2. The van der Waals surface area contributed by atoms with Crippen molar-refractivity contribution in [1.82, 2.24) is 10.3 Å². The smallest absolute Gasteiger partial charge is 0.261 e. The highest BCUT2D eigenvalue weighted by Gasteiger charge is 2.18. The topological polar surface area (TPSA) is 88.2 Å². The van der Waals surface area contributed by atoms with Gasteiger partial charge in [0.15, 0.2) is 0 Å². The number of amides is 1. The summed E-state index contributed by atoms with van der Waals surface area (Å²) in [6.07, 6.45) is 0. The maximum atomic E-state index is 12.8. The van der Waals surface area contributed by atoms with Gasteiger partial charge in [0.05, 0.1) is 17.1 Å². The first-order chi connectivity index (χ1) is 13.2. The van der Waals surface area contributed by atoms with E-state index in [0.717, 1.165) is 16.3 Å². The van der Waals surface area contributed by atoms with Gasteiger partial charge in [-0.2, -0.15) is 0 Å². The van der Waals surface area contributed by atoms with E-state index >= 15 is 0 Å². The number of aryl methyl sites for hydroxylation is 2. The molecule has 2 N–H and O–H groups in total. The molecule has 9 heteroatoms. The zero-order valence-corrected chi connectivity index (χ0v) is 18.4. The minimum absolute atomic E-state index is 0.0126. The molecule has 0 unspecified atom stereocenters. The second-order valence-corrected chi connectivity index (χ2v) is 9.66. The van der Waals surface area contributed by atoms with Gasteiger partial charge in [-0.3, -0.25) is 9.52 Å². The number of nitrogens with zero attached hydrogens (tertiary/aromatic N) is 1. The van der Waals surface area contributed by atoms with Crippen molar-refractivity contribution >= 4 is 48.9 Å². The quantitative estimate of drug-likeness (QED) is 0.552. The minimum atomic E-state index is -3.84. The van der Waals surface area contributed by atoms with Crippen molar-refractivity contribution in [3.05, 3.63) is 74.1 Å². The number of carbonyl (C=O) groups excluding carboxylic acids is 1. The Balaban J connectivity index is 1.77. The molecule has 0 aliphatic rings. The number of thiazole rings is 1. The minimum Gasteiger partial charge on any atom is -0.346 e. The molecule has 0 spiro atoms. The highest BCUT2D eigenvalue weighted by molar-refractivity contribution is 9.10. The molecule has 1 heterocycles. The summed E-state index contributed by atoms with van der Waals surface area (Å²) in [7, 11) is -3.84. The molecule has 3 rings (SSSR count). The van der Waals surface area contributed by atoms with Crippen molar-refractivity contribution in [2.75, 3.05) is 4.72 Å². The van der Waals surface area contributed by atoms with E-state index in [2.05, 4.69) is 31.0 Å². The van der Waals surface area contributed by atoms with Crippen molar-refractivity contribution in [3.63, 3.8) is 0 Å². The Morgan fingerprint density at radius 2 is 1.96 bits per heavy atom. The van der Waals surface area contributed by atoms with Crippen LogP contribution in [0, 0.1) is 13.8 Å². The number of sulfonamides is 1. The largest absolute Gasteiger partial charge is 0.346 e. The third kappa shape index (κ3) is 4.98. The van der Waals surface area contributed by atoms with Crippen LogP contribution in [0.25, 0.3) is 0 Å². The van der Waals surface area contributed by atoms with Gasteiger partial charge in [-0.25, -0.2) is 13.4 Å². The molecule has 146 valence electrons. The fraction of sp³-hybridized carbons (Fsp3) is 0.158. The van der Waals surface area contributed by atoms with E-state index in [1.165, 1.54) is 23.5 Å². The second-order valence-electron chi connectivity index (χ2n) is 6.18. The number of nitrogens with one attached hydrogen (secondary N) is 2. The third-order valence-corrected chi connectivity index (χ3v) is 6.86. The highest BCUT2D eigenvalue weighted by Crippen LogP contribution is 2.26. The summed E-state index contributed by atoms with van der Waals surface area (Å²) in [5.74, 6) is -0.360. The van der Waals surface area contributed by atoms with Crippen molar-refractivity contribution in [2.24, 2.45) is 0 Å². The first-order valence-corrected chi connectivity index (χ1v) is 11.5. The summed E-state index contributed by atoms with van der Waals surface area (Å²) in [4.78, 5) is 16.7. The lowest BCUT2D eigenvalue weighted by Gasteiger charge is -2.11. The Hall–Kier alpha value is -2.23. The molecule has 1 amide bonds. The zero-order chi connectivity index (χ0) is 20.3. The van der Waals surface area contributed by atoms with Crippen LogP contribution in [0.2, 0.25) is 0 Å². The highest BCUT2D eigenvalue weighted by atomic mass is 79.9. The first-order valence-electron chi connectivity index (χ1n) is 8.33. The Morgan fingerprint density at radius 1 is 1.18 bits per heavy atom. The average Bonchev–Trinajstić information content (AvgIpc) is 3.08. The second kappa shape index (κ2) is 8.42. The molecular weight excluding hydrogens is 462 g/mol. The number of carbonyl (C=O) groups is 1. The van der Waals surface area contributed by atoms with Crippen LogP contribution in [0.1, 0.15) is 26.6 Å². The fourth-order valence-electron chi connectivity index (χ4n) is 2.47. The van der Waals surface area contributed by atoms with Crippen LogP contribution in [0.15, 0.2) is 57.2 Å². The maximum Gasteiger partial charge on any atom is 0.261 e. The molecule has 3 aromatic rings. The molecule has 0 saturated heterocycles. The van der Waals surface area contributed by atoms with E-state index in [1.54, 1.807) is 24.3 Å². The van der Waals surface area contributed by atoms with E-state index in [1.807, 2.05) is 25.3 Å². The molecule has 0 fully saturated rings. The predicted octanol–water partition coefficient (Wildman–Crippen LogP) is 4.25. The average molecular weight is 480 g/mol. The van der Waals surface area contributed by atoms with Crippen LogP contribution in [0.4, 0.5) is 5.69 Å². The predicted molar refractivity (Wildman–Crippen MR) is 114 cm³/mol. The van der Waals surface area contributed by atoms with Crippen LogP contribution in [-0.4, -0.2) is 19.3 Å². The van der Waals surface area contributed by atoms with E-state index in [0.29, 0.717) is 16.7 Å². The van der Waals surface area contributed by atoms with Crippen LogP contribution in [0.3, 0.4) is 0 Å². The normalized spacial score (nSPS) is 11.2. The molecular formula is C19H18BrN3O3S2. The van der Waals surface area contributed by atoms with Crippen molar-refractivity contribution < 1.29 is 13.2 Å². The Kier molecular flexibility index (Phi) is 6.17. The van der Waals surface area contributed by atoms with Gasteiger partial charge in [-0.05, 0) is 65.7 Å². The molecule has 0 aliphatic heterocycles. The van der Waals surface area contributed by atoms with Gasteiger partial charge < -0.3 is 5.32 Å². The molecule has 0 bridgehead atoms. The maximum absolute atomic E-state index is 12.8. The van der Waals surface area contributed by atoms with Gasteiger partial charge in [-0.15, -0.1) is 11.3 Å². The first kappa shape index (κ1) is 20.5. The Bertz CT molecular complexity index is 1130. The lowest BCUT2D eigenvalue weighted by atomic mass is 10.2. The van der Waals surface area contributed by atoms with Gasteiger partial charge >= 0.3 is 0 Å². The molecule has 0 atom stereocenters. The molecule has 6 nitrogen and oxygen atoms in total. The summed E-state index contributed by atoms with van der Waals surface area (Å²) in [5, 5.41) is 5.46. The van der Waals surface area contributed by atoms with E-state index < -0.39 is 10.0 Å². The lowest BCUT2D eigenvalue weighted by molar-refractivity contribution is 0.0950. The molecule has 0 radical (unpaired) electrons. The van der Waals surface area contributed by atoms with Gasteiger partial charge in [-0.1, -0.05) is 12.1 Å². The lowest BCUT2D eigenvalue weighted by Crippen LogP contribution is -2.23. The molecule has 1 aromatic heterocycles. The summed E-state index contributed by atoms with van der Waals surface area (Å²) in [5.41, 5.74) is 2.52. The number of aromatic nitrogens is 1. The van der Waals surface area contributed by atoms with Gasteiger partial charge in [0, 0.05) is 21.1 Å². The third-order valence-electron chi connectivity index (χ3n) is 3.84. The number of benzene rings is 2. The molecule has 0 saturated carbocycles. The van der Waals surface area contributed by atoms with Gasteiger partial charge in [0.2, 0.25) is 0 Å². The standard InChI is InChI=1S/C19H18BrN3O3S2/c1-12-6-7-16(20)17(8-12)23-28(25,26)15-5-3-4-14(9-15)19(24)21-10-18-22-13(2)11-27-18/h3-9,11,23H,10H2,1-2H3,(H,21,24). The van der Waals surface area contributed by atoms with E-state index in [9.17, 15) is 13.2 Å². The number of halogens is 1.